The molecule has 2 aromatic rings. The number of hydrogen-bond acceptors (Lipinski definition) is 5. The predicted molar refractivity (Wildman–Crippen MR) is 97.1 cm³/mol. The molecule has 3 rings (SSSR count). The van der Waals surface area contributed by atoms with Crippen LogP contribution in [0.25, 0.3) is 11.4 Å². The van der Waals surface area contributed by atoms with Crippen LogP contribution in [0.4, 0.5) is 4.79 Å². The van der Waals surface area contributed by atoms with Crippen molar-refractivity contribution in [3.63, 3.8) is 0 Å². The van der Waals surface area contributed by atoms with E-state index < -0.39 is 5.97 Å². The van der Waals surface area contributed by atoms with Gasteiger partial charge in [0.15, 0.2) is 5.82 Å². The number of nitrogens with zero attached hydrogens (tertiary/aromatic N) is 2. The maximum Gasteiger partial charge on any atom is 0.315 e. The van der Waals surface area contributed by atoms with Gasteiger partial charge in [0.25, 0.3) is 0 Å². The highest BCUT2D eigenvalue weighted by molar-refractivity contribution is 5.74. The number of aromatic amines is 1. The normalized spacial score (nSPS) is 19.3. The average molecular weight is 373 g/mol. The fraction of sp³-hybridized carbons (Fsp3) is 0.444. The molecule has 0 aliphatic heterocycles. The summed E-state index contributed by atoms with van der Waals surface area (Å²) in [5, 5.41) is 21.6. The summed E-state index contributed by atoms with van der Waals surface area (Å²) in [7, 11) is 1.61. The summed E-state index contributed by atoms with van der Waals surface area (Å²) in [6.07, 6.45) is 2.53. The molecule has 1 aliphatic rings. The molecule has 9 nitrogen and oxygen atoms in total. The van der Waals surface area contributed by atoms with Crippen molar-refractivity contribution >= 4 is 12.0 Å². The summed E-state index contributed by atoms with van der Waals surface area (Å²) >= 11 is 0. The van der Waals surface area contributed by atoms with Crippen LogP contribution in [0.2, 0.25) is 0 Å². The van der Waals surface area contributed by atoms with E-state index in [1.165, 1.54) is 0 Å². The van der Waals surface area contributed by atoms with E-state index in [2.05, 4.69) is 25.8 Å². The zero-order valence-electron chi connectivity index (χ0n) is 15.1. The van der Waals surface area contributed by atoms with Crippen LogP contribution in [-0.2, 0) is 11.3 Å². The number of aliphatic carboxylic acids is 1. The first-order chi connectivity index (χ1) is 13.0. The Balaban J connectivity index is 1.45. The summed E-state index contributed by atoms with van der Waals surface area (Å²) in [6, 6.07) is 7.09. The average Bonchev–Trinajstić information content (AvgIpc) is 3.16. The standard InChI is InChI=1S/C18H23N5O4/c1-27-14-8-4-11(5-9-14)16-21-15(22-23-16)10-19-18(26)20-13-6-2-12(3-7-13)17(24)25/h4-5,8-9,12-13H,2-3,6-7,10H2,1H3,(H,24,25)(H2,19,20,26)(H,21,22,23). The third-order valence-electron chi connectivity index (χ3n) is 4.71. The van der Waals surface area contributed by atoms with E-state index in [1.807, 2.05) is 24.3 Å². The molecule has 0 bridgehead atoms. The SMILES string of the molecule is COc1ccc(-c2n[nH]c(CNC(=O)NC3CCC(C(=O)O)CC3)n2)cc1. The van der Waals surface area contributed by atoms with Gasteiger partial charge in [0.05, 0.1) is 19.6 Å². The minimum atomic E-state index is -0.754. The molecule has 2 amide bonds. The van der Waals surface area contributed by atoms with Gasteiger partial charge in [0.1, 0.15) is 11.6 Å². The molecule has 0 radical (unpaired) electrons. The Labute approximate surface area is 156 Å². The molecule has 1 saturated carbocycles. The highest BCUT2D eigenvalue weighted by Crippen LogP contribution is 2.24. The van der Waals surface area contributed by atoms with Crippen LogP contribution in [0.5, 0.6) is 5.75 Å². The van der Waals surface area contributed by atoms with Crippen LogP contribution in [0.15, 0.2) is 24.3 Å². The first-order valence-corrected chi connectivity index (χ1v) is 8.88. The quantitative estimate of drug-likeness (QED) is 0.612. The molecule has 4 N–H and O–H groups in total. The van der Waals surface area contributed by atoms with Crippen LogP contribution in [0.3, 0.4) is 0 Å². The summed E-state index contributed by atoms with van der Waals surface area (Å²) in [5.41, 5.74) is 0.845. The molecule has 0 atom stereocenters. The van der Waals surface area contributed by atoms with E-state index >= 15 is 0 Å². The smallest absolute Gasteiger partial charge is 0.315 e. The van der Waals surface area contributed by atoms with Crippen LogP contribution < -0.4 is 15.4 Å². The molecule has 27 heavy (non-hydrogen) atoms. The molecule has 0 saturated heterocycles. The highest BCUT2D eigenvalue weighted by atomic mass is 16.5. The molecule has 1 aromatic heterocycles. The van der Waals surface area contributed by atoms with E-state index in [-0.39, 0.29) is 24.5 Å². The molecule has 1 fully saturated rings. The Bertz CT molecular complexity index is 781. The Morgan fingerprint density at radius 3 is 2.56 bits per heavy atom. The van der Waals surface area contributed by atoms with Crippen molar-refractivity contribution in [2.75, 3.05) is 7.11 Å². The van der Waals surface area contributed by atoms with Gasteiger partial charge < -0.3 is 20.5 Å². The van der Waals surface area contributed by atoms with Gasteiger partial charge in [-0.25, -0.2) is 9.78 Å². The highest BCUT2D eigenvalue weighted by Gasteiger charge is 2.26. The first kappa shape index (κ1) is 18.7. The van der Waals surface area contributed by atoms with Gasteiger partial charge in [-0.3, -0.25) is 9.89 Å². The Kier molecular flexibility index (Phi) is 5.90. The maximum atomic E-state index is 12.0. The number of methoxy groups -OCH3 is 1. The van der Waals surface area contributed by atoms with Crippen molar-refractivity contribution in [2.24, 2.45) is 5.92 Å². The van der Waals surface area contributed by atoms with E-state index in [0.29, 0.717) is 37.3 Å². The molecular weight excluding hydrogens is 350 g/mol. The van der Waals surface area contributed by atoms with Gasteiger partial charge in [-0.05, 0) is 49.9 Å². The predicted octanol–water partition coefficient (Wildman–Crippen LogP) is 1.92. The van der Waals surface area contributed by atoms with Crippen LogP contribution in [0.1, 0.15) is 31.5 Å². The van der Waals surface area contributed by atoms with Gasteiger partial charge in [0, 0.05) is 11.6 Å². The number of carboxylic acid groups (broad SMARTS) is 1. The lowest BCUT2D eigenvalue weighted by molar-refractivity contribution is -0.142. The molecule has 1 aliphatic carbocycles. The van der Waals surface area contributed by atoms with Crippen molar-refractivity contribution in [3.05, 3.63) is 30.1 Å². The zero-order chi connectivity index (χ0) is 19.2. The largest absolute Gasteiger partial charge is 0.497 e. The van der Waals surface area contributed by atoms with Crippen molar-refractivity contribution in [2.45, 2.75) is 38.3 Å². The molecule has 0 spiro atoms. The van der Waals surface area contributed by atoms with Gasteiger partial charge in [-0.2, -0.15) is 5.10 Å². The topological polar surface area (TPSA) is 129 Å². The summed E-state index contributed by atoms with van der Waals surface area (Å²) < 4.78 is 5.12. The third kappa shape index (κ3) is 4.96. The fourth-order valence-corrected chi connectivity index (χ4v) is 3.13. The molecule has 144 valence electrons. The molecular formula is C18H23N5O4. The number of hydrogen-bond donors (Lipinski definition) is 4. The summed E-state index contributed by atoms with van der Waals surface area (Å²) in [4.78, 5) is 27.4. The minimum absolute atomic E-state index is 0.00480. The maximum absolute atomic E-state index is 12.0. The Morgan fingerprint density at radius 1 is 1.22 bits per heavy atom. The van der Waals surface area contributed by atoms with Gasteiger partial charge in [-0.1, -0.05) is 0 Å². The zero-order valence-corrected chi connectivity index (χ0v) is 15.1. The van der Waals surface area contributed by atoms with Crippen molar-refractivity contribution in [1.82, 2.24) is 25.8 Å². The molecule has 1 aromatic carbocycles. The van der Waals surface area contributed by atoms with E-state index in [0.717, 1.165) is 11.3 Å². The van der Waals surface area contributed by atoms with Gasteiger partial charge in [0.2, 0.25) is 0 Å². The van der Waals surface area contributed by atoms with Gasteiger partial charge in [-0.15, -0.1) is 0 Å². The second-order valence-corrected chi connectivity index (χ2v) is 6.55. The number of nitrogens with one attached hydrogen (secondary N) is 3. The number of rotatable bonds is 6. The number of carbonyl (C=O) groups excluding carboxylic acids is 1. The number of urea groups is 1. The van der Waals surface area contributed by atoms with Gasteiger partial charge >= 0.3 is 12.0 Å². The van der Waals surface area contributed by atoms with Crippen LogP contribution in [-0.4, -0.2) is 45.4 Å². The molecule has 0 unspecified atom stereocenters. The monoisotopic (exact) mass is 373 g/mol. The first-order valence-electron chi connectivity index (χ1n) is 8.88. The van der Waals surface area contributed by atoms with Crippen molar-refractivity contribution in [3.8, 4) is 17.1 Å². The number of amides is 2. The number of carboxylic acids is 1. The Hall–Kier alpha value is -3.10. The summed E-state index contributed by atoms with van der Waals surface area (Å²) in [5.74, 6) is 0.796. The number of ether oxygens (including phenoxy) is 1. The molecule has 1 heterocycles. The van der Waals surface area contributed by atoms with Crippen LogP contribution in [0, 0.1) is 5.92 Å². The lowest BCUT2D eigenvalue weighted by Crippen LogP contribution is -2.44. The van der Waals surface area contributed by atoms with Crippen molar-refractivity contribution < 1.29 is 19.4 Å². The lowest BCUT2D eigenvalue weighted by atomic mass is 9.86. The number of H-pyrrole nitrogens is 1. The fourth-order valence-electron chi connectivity index (χ4n) is 3.13. The second-order valence-electron chi connectivity index (χ2n) is 6.55. The van der Waals surface area contributed by atoms with E-state index in [9.17, 15) is 9.59 Å². The van der Waals surface area contributed by atoms with Crippen LogP contribution >= 0.6 is 0 Å². The number of benzene rings is 1. The van der Waals surface area contributed by atoms with E-state index in [1.54, 1.807) is 7.11 Å². The van der Waals surface area contributed by atoms with Crippen molar-refractivity contribution in [1.29, 1.82) is 0 Å². The number of aromatic nitrogens is 3. The minimum Gasteiger partial charge on any atom is -0.497 e. The lowest BCUT2D eigenvalue weighted by Gasteiger charge is -2.26. The third-order valence-corrected chi connectivity index (χ3v) is 4.71. The van der Waals surface area contributed by atoms with E-state index in [4.69, 9.17) is 9.84 Å². The second kappa shape index (κ2) is 8.52. The summed E-state index contributed by atoms with van der Waals surface area (Å²) in [6.45, 7) is 0.222. The molecule has 9 heteroatoms. The number of carbonyl (C=O) groups is 2. The Morgan fingerprint density at radius 2 is 1.93 bits per heavy atom.